The summed E-state index contributed by atoms with van der Waals surface area (Å²) in [6.07, 6.45) is -0.248. The molecule has 1 aromatic rings. The summed E-state index contributed by atoms with van der Waals surface area (Å²) in [5, 5.41) is 9.57. The molecule has 0 spiro atoms. The maximum Gasteiger partial charge on any atom is 0.269 e. The van der Waals surface area contributed by atoms with Crippen LogP contribution in [0, 0.1) is 0 Å². The molecule has 0 saturated carbocycles. The van der Waals surface area contributed by atoms with E-state index in [-0.39, 0.29) is 28.0 Å². The Morgan fingerprint density at radius 2 is 2.17 bits per heavy atom. The van der Waals surface area contributed by atoms with Crippen LogP contribution in [0.15, 0.2) is 4.34 Å². The summed E-state index contributed by atoms with van der Waals surface area (Å²) in [5.41, 5.74) is 0. The van der Waals surface area contributed by atoms with Gasteiger partial charge >= 0.3 is 0 Å². The highest BCUT2D eigenvalue weighted by atomic mass is 32.2. The summed E-state index contributed by atoms with van der Waals surface area (Å²) < 4.78 is 30.6. The van der Waals surface area contributed by atoms with Crippen LogP contribution in [-0.2, 0) is 19.6 Å². The molecule has 0 bridgehead atoms. The minimum atomic E-state index is -3.72. The topological polar surface area (TPSA) is 110 Å². The molecule has 0 fully saturated rings. The molecular formula is C8H14N4O4S2. The van der Waals surface area contributed by atoms with Crippen LogP contribution in [0.25, 0.3) is 0 Å². The van der Waals surface area contributed by atoms with Gasteiger partial charge in [-0.2, -0.15) is 0 Å². The molecule has 102 valence electrons. The van der Waals surface area contributed by atoms with Crippen LogP contribution in [0.3, 0.4) is 0 Å². The number of carbonyl (C=O) groups excluding carboxylic acids is 1. The van der Waals surface area contributed by atoms with Crippen molar-refractivity contribution < 1.29 is 17.9 Å². The van der Waals surface area contributed by atoms with Gasteiger partial charge in [0.2, 0.25) is 15.4 Å². The minimum absolute atomic E-state index is 0.133. The Labute approximate surface area is 109 Å². The number of carbonyl (C=O) groups is 1. The fourth-order valence-corrected chi connectivity index (χ4v) is 2.99. The van der Waals surface area contributed by atoms with Crippen molar-refractivity contribution in [3.8, 4) is 0 Å². The first kappa shape index (κ1) is 15.0. The van der Waals surface area contributed by atoms with Crippen molar-refractivity contribution in [2.24, 2.45) is 0 Å². The van der Waals surface area contributed by atoms with Crippen LogP contribution in [0.5, 0.6) is 0 Å². The highest BCUT2D eigenvalue weighted by molar-refractivity contribution is 7.91. The fourth-order valence-electron chi connectivity index (χ4n) is 0.892. The number of rotatable bonds is 6. The molecule has 2 N–H and O–H groups in total. The Morgan fingerprint density at radius 1 is 1.50 bits per heavy atom. The molecule has 0 aliphatic heterocycles. The maximum atomic E-state index is 11.8. The molecule has 1 unspecified atom stereocenters. The first-order valence-electron chi connectivity index (χ1n) is 4.98. The Balaban J connectivity index is 2.73. The number of sulfonamides is 1. The smallest absolute Gasteiger partial charge is 0.269 e. The second kappa shape index (κ2) is 6.18. The van der Waals surface area contributed by atoms with Gasteiger partial charge in [0.05, 0.1) is 6.10 Å². The Kier molecular flexibility index (Phi) is 5.14. The molecule has 1 rings (SSSR count). The zero-order valence-electron chi connectivity index (χ0n) is 10.1. The molecule has 1 amide bonds. The van der Waals surface area contributed by atoms with Crippen LogP contribution in [0.2, 0.25) is 0 Å². The summed E-state index contributed by atoms with van der Waals surface area (Å²) >= 11 is 0.782. The van der Waals surface area contributed by atoms with Gasteiger partial charge in [-0.25, -0.2) is 13.1 Å². The summed E-state index contributed by atoms with van der Waals surface area (Å²) in [4.78, 5) is 10.8. The molecule has 1 atom stereocenters. The predicted molar refractivity (Wildman–Crippen MR) is 65.9 cm³/mol. The third-order valence-corrected chi connectivity index (χ3v) is 4.51. The van der Waals surface area contributed by atoms with E-state index in [9.17, 15) is 13.2 Å². The molecule has 0 aliphatic rings. The molecule has 1 aromatic heterocycles. The standard InChI is InChI=1S/C8H14N4O4S2/c1-5(16-3)4-9-18(14,15)8-12-11-7(17-8)10-6(2)13/h5,9H,4H2,1-3H3,(H,10,11,13). The lowest BCUT2D eigenvalue weighted by Gasteiger charge is -2.09. The molecule has 0 aliphatic carbocycles. The second-order valence-electron chi connectivity index (χ2n) is 3.45. The predicted octanol–water partition coefficient (Wildman–Crippen LogP) is -0.190. The van der Waals surface area contributed by atoms with E-state index in [0.29, 0.717) is 0 Å². The number of nitrogens with one attached hydrogen (secondary N) is 2. The lowest BCUT2D eigenvalue weighted by Crippen LogP contribution is -2.31. The first-order chi connectivity index (χ1) is 8.35. The average molecular weight is 294 g/mol. The van der Waals surface area contributed by atoms with Crippen molar-refractivity contribution in [2.75, 3.05) is 19.0 Å². The third-order valence-electron chi connectivity index (χ3n) is 1.88. The summed E-state index contributed by atoms with van der Waals surface area (Å²) in [6.45, 7) is 3.16. The largest absolute Gasteiger partial charge is 0.380 e. The van der Waals surface area contributed by atoms with E-state index in [1.165, 1.54) is 14.0 Å². The number of ether oxygens (including phenoxy) is 1. The van der Waals surface area contributed by atoms with Crippen LogP contribution in [-0.4, -0.2) is 44.3 Å². The number of anilines is 1. The van der Waals surface area contributed by atoms with E-state index in [0.717, 1.165) is 11.3 Å². The van der Waals surface area contributed by atoms with Gasteiger partial charge in [0.15, 0.2) is 0 Å². The number of methoxy groups -OCH3 is 1. The highest BCUT2D eigenvalue weighted by Gasteiger charge is 2.20. The van der Waals surface area contributed by atoms with Gasteiger partial charge in [-0.05, 0) is 6.92 Å². The van der Waals surface area contributed by atoms with Crippen molar-refractivity contribution in [3.63, 3.8) is 0 Å². The van der Waals surface area contributed by atoms with E-state index in [1.54, 1.807) is 6.92 Å². The van der Waals surface area contributed by atoms with Gasteiger partial charge in [-0.1, -0.05) is 11.3 Å². The van der Waals surface area contributed by atoms with Crippen molar-refractivity contribution in [1.29, 1.82) is 0 Å². The molecule has 10 heteroatoms. The lowest BCUT2D eigenvalue weighted by atomic mass is 10.4. The average Bonchev–Trinajstić information content (AvgIpc) is 2.74. The van der Waals surface area contributed by atoms with Crippen LogP contribution in [0.1, 0.15) is 13.8 Å². The van der Waals surface area contributed by atoms with Gasteiger partial charge in [0.1, 0.15) is 0 Å². The third kappa shape index (κ3) is 4.29. The van der Waals surface area contributed by atoms with Crippen LogP contribution in [0.4, 0.5) is 5.13 Å². The number of hydrogen-bond donors (Lipinski definition) is 2. The minimum Gasteiger partial charge on any atom is -0.380 e. The van der Waals surface area contributed by atoms with Crippen LogP contribution < -0.4 is 10.0 Å². The molecule has 1 heterocycles. The number of aromatic nitrogens is 2. The molecular weight excluding hydrogens is 280 g/mol. The summed E-state index contributed by atoms with van der Waals surface area (Å²) in [7, 11) is -2.23. The van der Waals surface area contributed by atoms with E-state index < -0.39 is 10.0 Å². The SMILES string of the molecule is COC(C)CNS(=O)(=O)c1nnc(NC(C)=O)s1. The lowest BCUT2D eigenvalue weighted by molar-refractivity contribution is -0.114. The van der Waals surface area contributed by atoms with Crippen molar-refractivity contribution in [2.45, 2.75) is 24.3 Å². The van der Waals surface area contributed by atoms with E-state index in [4.69, 9.17) is 4.74 Å². The monoisotopic (exact) mass is 294 g/mol. The van der Waals surface area contributed by atoms with E-state index in [2.05, 4.69) is 20.2 Å². The maximum absolute atomic E-state index is 11.8. The molecule has 8 nitrogen and oxygen atoms in total. The number of nitrogens with zero attached hydrogens (tertiary/aromatic N) is 2. The van der Waals surface area contributed by atoms with E-state index >= 15 is 0 Å². The Bertz CT molecular complexity index is 513. The van der Waals surface area contributed by atoms with Gasteiger partial charge in [0, 0.05) is 20.6 Å². The molecule has 0 radical (unpaired) electrons. The van der Waals surface area contributed by atoms with Crippen molar-refractivity contribution in [1.82, 2.24) is 14.9 Å². The van der Waals surface area contributed by atoms with Crippen molar-refractivity contribution >= 4 is 32.4 Å². The second-order valence-corrected chi connectivity index (χ2v) is 6.37. The summed E-state index contributed by atoms with van der Waals surface area (Å²) in [6, 6.07) is 0. The first-order valence-corrected chi connectivity index (χ1v) is 7.28. The van der Waals surface area contributed by atoms with E-state index in [1.807, 2.05) is 0 Å². The fraction of sp³-hybridized carbons (Fsp3) is 0.625. The van der Waals surface area contributed by atoms with Gasteiger partial charge in [-0.3, -0.25) is 4.79 Å². The normalized spacial score (nSPS) is 13.3. The number of amides is 1. The zero-order valence-corrected chi connectivity index (χ0v) is 11.8. The van der Waals surface area contributed by atoms with Crippen LogP contribution >= 0.6 is 11.3 Å². The summed E-state index contributed by atoms with van der Waals surface area (Å²) in [5.74, 6) is -0.337. The quantitative estimate of drug-likeness (QED) is 0.704. The van der Waals surface area contributed by atoms with Gasteiger partial charge < -0.3 is 10.1 Å². The van der Waals surface area contributed by atoms with Gasteiger partial charge in [0.25, 0.3) is 10.0 Å². The highest BCUT2D eigenvalue weighted by Crippen LogP contribution is 2.19. The molecule has 18 heavy (non-hydrogen) atoms. The van der Waals surface area contributed by atoms with Crippen molar-refractivity contribution in [3.05, 3.63) is 0 Å². The molecule has 0 saturated heterocycles. The Morgan fingerprint density at radius 3 is 2.72 bits per heavy atom. The number of hydrogen-bond acceptors (Lipinski definition) is 7. The zero-order chi connectivity index (χ0) is 13.8. The van der Waals surface area contributed by atoms with Gasteiger partial charge in [-0.15, -0.1) is 10.2 Å². The molecule has 0 aromatic carbocycles. The Hall–Kier alpha value is -1.10.